The van der Waals surface area contributed by atoms with Gasteiger partial charge in [-0.1, -0.05) is 0 Å². The molecule has 0 unspecified atom stereocenters. The average molecular weight is 144 g/mol. The smallest absolute Gasteiger partial charge is 1.00 e. The molecule has 7 heavy (non-hydrogen) atoms. The summed E-state index contributed by atoms with van der Waals surface area (Å²) in [7, 11) is 0. The second-order valence-corrected chi connectivity index (χ2v) is 0.492. The van der Waals surface area contributed by atoms with Gasteiger partial charge in [0.2, 0.25) is 0 Å². The van der Waals surface area contributed by atoms with Gasteiger partial charge in [-0.25, -0.2) is 0 Å². The van der Waals surface area contributed by atoms with Crippen molar-refractivity contribution in [3.05, 3.63) is 0 Å². The van der Waals surface area contributed by atoms with Crippen LogP contribution in [-0.4, -0.2) is 23.3 Å². The molecule has 0 aliphatic carbocycles. The molecule has 0 bridgehead atoms. The van der Waals surface area contributed by atoms with Crippen molar-refractivity contribution < 1.29 is 51.9 Å². The molecule has 0 aromatic carbocycles. The van der Waals surface area contributed by atoms with Gasteiger partial charge in [0.1, 0.15) is 0 Å². The van der Waals surface area contributed by atoms with Gasteiger partial charge in [0.05, 0.1) is 0 Å². The molecule has 0 aromatic rings. The molecule has 0 heterocycles. The van der Waals surface area contributed by atoms with Gasteiger partial charge in [-0.15, -0.1) is 0 Å². The van der Waals surface area contributed by atoms with Crippen LogP contribution >= 0.6 is 0 Å². The van der Waals surface area contributed by atoms with Crippen molar-refractivity contribution in [1.29, 1.82) is 0 Å². The number of carbonyl (C=O) groups is 1. The Hall–Kier alpha value is 1.29. The Morgan fingerprint density at radius 2 is 1.57 bits per heavy atom. The zero-order valence-corrected chi connectivity index (χ0v) is 8.18. The minimum absolute atomic E-state index is 0. The predicted molar refractivity (Wildman–Crippen MR) is 16.4 cm³/mol. The Bertz CT molecular complexity index is 38.7. The van der Waals surface area contributed by atoms with Gasteiger partial charge < -0.3 is 22.3 Å². The minimum Gasteiger partial charge on any atom is -1.00 e. The van der Waals surface area contributed by atoms with E-state index in [9.17, 15) is 0 Å². The van der Waals surface area contributed by atoms with Crippen molar-refractivity contribution in [3.63, 3.8) is 0 Å². The number of hydrogen-bond donors (Lipinski definition) is 0. The van der Waals surface area contributed by atoms with Crippen LogP contribution in [0.1, 0.15) is 6.92 Å². The van der Waals surface area contributed by atoms with Crippen LogP contribution in [0, 0.1) is 0 Å². The largest absolute Gasteiger partial charge is 3.00 e. The van der Waals surface area contributed by atoms with Gasteiger partial charge in [0.25, 0.3) is 0 Å². The van der Waals surface area contributed by atoms with Crippen LogP contribution in [0.25, 0.3) is 0 Å². The van der Waals surface area contributed by atoms with E-state index in [0.29, 0.717) is 0 Å². The van der Waals surface area contributed by atoms with Crippen LogP contribution in [0.2, 0.25) is 0 Å². The van der Waals surface area contributed by atoms with E-state index in [1.807, 2.05) is 0 Å². The Morgan fingerprint density at radius 1 is 1.57 bits per heavy atom. The fourth-order valence-electron chi connectivity index (χ4n) is 0. The summed E-state index contributed by atoms with van der Waals surface area (Å²) in [4.78, 5) is 8.89. The molecule has 0 saturated heterocycles. The second kappa shape index (κ2) is 15.7. The quantitative estimate of drug-likeness (QED) is 0.317. The van der Waals surface area contributed by atoms with Crippen molar-refractivity contribution in [2.24, 2.45) is 0 Å². The third kappa shape index (κ3) is 122. The molecule has 0 rings (SSSR count). The molecule has 0 amide bonds. The number of hydrogen-bond acceptors (Lipinski definition) is 2. The van der Waals surface area contributed by atoms with E-state index in [1.54, 1.807) is 0 Å². The van der Waals surface area contributed by atoms with E-state index in [-0.39, 0.29) is 59.3 Å². The van der Waals surface area contributed by atoms with Gasteiger partial charge in [-0.05, 0) is 6.92 Å². The van der Waals surface area contributed by atoms with Crippen LogP contribution in [-0.2, 0) is 4.79 Å². The molecule has 32 valence electrons. The molecule has 0 aliphatic heterocycles. The van der Waals surface area contributed by atoms with Crippen LogP contribution in [0.4, 0.5) is 0 Å². The summed E-state index contributed by atoms with van der Waals surface area (Å²) in [6.07, 6.45) is 0. The normalized spacial score (nSPS) is 3.57. The molecule has 0 radical (unpaired) electrons. The van der Waals surface area contributed by atoms with Crippen molar-refractivity contribution in [2.45, 2.75) is 6.92 Å². The fraction of sp³-hybridized carbons (Fsp3) is 0.500. The Kier molecular flexibility index (Phi) is 53.6. The Labute approximate surface area is 81.5 Å². The first-order valence-electron chi connectivity index (χ1n) is 0.908. The summed E-state index contributed by atoms with van der Waals surface area (Å²) in [5, 5.41) is 8.89. The first-order valence-corrected chi connectivity index (χ1v) is 0.908. The predicted octanol–water partition coefficient (Wildman–Crippen LogP) is -7.62. The summed E-state index contributed by atoms with van der Waals surface area (Å²) >= 11 is 0. The summed E-state index contributed by atoms with van der Waals surface area (Å²) in [6, 6.07) is 0. The molecule has 0 atom stereocenters. The van der Waals surface area contributed by atoms with E-state index < -0.39 is 5.97 Å². The van der Waals surface area contributed by atoms with Crippen LogP contribution < -0.4 is 47.1 Å². The van der Waals surface area contributed by atoms with Gasteiger partial charge in [-0.2, -0.15) is 0 Å². The maximum atomic E-state index is 8.89. The molecule has 0 spiro atoms. The maximum Gasteiger partial charge on any atom is 3.00 e. The number of carboxylic acid groups (broad SMARTS) is 1. The van der Waals surface area contributed by atoms with Crippen molar-refractivity contribution in [3.8, 4) is 0 Å². The van der Waals surface area contributed by atoms with Crippen LogP contribution in [0.5, 0.6) is 0 Å². The average Bonchev–Trinajstić information content (AvgIpc) is 0.811. The zero-order chi connectivity index (χ0) is 3.58. The summed E-state index contributed by atoms with van der Waals surface area (Å²) in [5.41, 5.74) is 0. The van der Waals surface area contributed by atoms with Gasteiger partial charge in [0.15, 0.2) is 0 Å². The Morgan fingerprint density at radius 3 is 1.57 bits per heavy atom. The topological polar surface area (TPSA) is 40.1 Å². The van der Waals surface area contributed by atoms with Crippen molar-refractivity contribution in [2.75, 3.05) is 0 Å². The maximum absolute atomic E-state index is 8.89. The van der Waals surface area contributed by atoms with E-state index in [4.69, 9.17) is 9.90 Å². The summed E-state index contributed by atoms with van der Waals surface area (Å²) < 4.78 is 0. The summed E-state index contributed by atoms with van der Waals surface area (Å²) in [5.74, 6) is -1.08. The van der Waals surface area contributed by atoms with Gasteiger partial charge in [0, 0.05) is 5.97 Å². The van der Waals surface area contributed by atoms with E-state index in [1.165, 1.54) is 0 Å². The van der Waals surface area contributed by atoms with E-state index in [2.05, 4.69) is 0 Å². The zero-order valence-electron chi connectivity index (χ0n) is 4.27. The number of carboxylic acids is 1. The van der Waals surface area contributed by atoms with Gasteiger partial charge in [-0.3, -0.25) is 0 Å². The third-order valence-electron chi connectivity index (χ3n) is 0. The molecular weight excluding hydrogens is 141 g/mol. The molecule has 0 aliphatic rings. The monoisotopic (exact) mass is 144 g/mol. The fourth-order valence-corrected chi connectivity index (χ4v) is 0. The molecule has 0 fully saturated rings. The minimum atomic E-state index is -1.08. The molecule has 0 saturated carbocycles. The summed E-state index contributed by atoms with van der Waals surface area (Å²) in [6.45, 7) is 0.972. The van der Waals surface area contributed by atoms with Crippen LogP contribution in [0.15, 0.2) is 0 Å². The molecular formula is C2H3AlClNaO2+2. The first-order chi connectivity index (χ1) is 1.73. The second-order valence-electron chi connectivity index (χ2n) is 0.492. The van der Waals surface area contributed by atoms with E-state index >= 15 is 0 Å². The van der Waals surface area contributed by atoms with E-state index in [0.717, 1.165) is 6.92 Å². The molecule has 0 N–H and O–H groups in total. The molecule has 2 nitrogen and oxygen atoms in total. The standard InChI is InChI=1S/C2H4O2.Al.ClH.Na/c1-2(3)4;;;/h1H3,(H,3,4);;1H;/q;+3;;+1/p-2. The Balaban J connectivity index is -0.0000000150. The first kappa shape index (κ1) is 23.9. The SMILES string of the molecule is CC(=O)[O-].[Al+3].[Cl-].[Na+]. The van der Waals surface area contributed by atoms with Crippen molar-refractivity contribution >= 4 is 23.3 Å². The molecule has 5 heteroatoms. The van der Waals surface area contributed by atoms with Gasteiger partial charge >= 0.3 is 46.9 Å². The molecule has 0 aromatic heterocycles. The number of carbonyl (C=O) groups excluding carboxylic acids is 1. The third-order valence-corrected chi connectivity index (χ3v) is 0. The van der Waals surface area contributed by atoms with Crippen molar-refractivity contribution in [1.82, 2.24) is 0 Å². The number of rotatable bonds is 0. The number of aliphatic carboxylic acids is 1. The number of halogens is 1. The van der Waals surface area contributed by atoms with Crippen LogP contribution in [0.3, 0.4) is 0 Å².